The lowest BCUT2D eigenvalue weighted by molar-refractivity contribution is -0.146. The highest BCUT2D eigenvalue weighted by atomic mass is 35.5. The second-order valence-corrected chi connectivity index (χ2v) is 5.74. The van der Waals surface area contributed by atoms with Gasteiger partial charge in [-0.05, 0) is 48.2 Å². The quantitative estimate of drug-likeness (QED) is 0.609. The number of aromatic nitrogens is 2. The molecule has 23 heavy (non-hydrogen) atoms. The Hall–Kier alpha value is -1.89. The van der Waals surface area contributed by atoms with Gasteiger partial charge in [0, 0.05) is 6.20 Å². The lowest BCUT2D eigenvalue weighted by Crippen LogP contribution is -2.32. The van der Waals surface area contributed by atoms with E-state index in [2.05, 4.69) is 9.97 Å². The van der Waals surface area contributed by atoms with E-state index in [0.717, 1.165) is 5.56 Å². The highest BCUT2D eigenvalue weighted by Gasteiger charge is 2.15. The second kappa shape index (κ2) is 8.10. The predicted octanol–water partition coefficient (Wildman–Crippen LogP) is 2.37. The van der Waals surface area contributed by atoms with Crippen molar-refractivity contribution < 1.29 is 9.53 Å². The van der Waals surface area contributed by atoms with Gasteiger partial charge in [0.2, 0.25) is 0 Å². The standard InChI is InChI=1S/C15H16Cl2N4O2/c16-12-5-10(6-13(17)21-12)8-23-15(22)11(18)2-1-9-3-4-20-14(19)7-9/h3-7,11H,1-2,8,18H2,(H2,19,20)/t11-/m0/s1. The summed E-state index contributed by atoms with van der Waals surface area (Å²) in [7, 11) is 0. The molecule has 0 saturated carbocycles. The molecule has 1 atom stereocenters. The molecule has 4 N–H and O–H groups in total. The summed E-state index contributed by atoms with van der Waals surface area (Å²) in [6.07, 6.45) is 2.67. The van der Waals surface area contributed by atoms with Crippen LogP contribution in [0.15, 0.2) is 30.5 Å². The van der Waals surface area contributed by atoms with Crippen molar-refractivity contribution in [1.29, 1.82) is 0 Å². The van der Waals surface area contributed by atoms with E-state index in [1.807, 2.05) is 6.07 Å². The highest BCUT2D eigenvalue weighted by molar-refractivity contribution is 6.32. The smallest absolute Gasteiger partial charge is 0.323 e. The first-order valence-electron chi connectivity index (χ1n) is 6.88. The molecule has 2 rings (SSSR count). The first-order chi connectivity index (χ1) is 10.9. The minimum atomic E-state index is -0.725. The number of nitrogen functional groups attached to an aromatic ring is 1. The zero-order valence-corrected chi connectivity index (χ0v) is 13.7. The summed E-state index contributed by atoms with van der Waals surface area (Å²) in [6, 6.07) is 6.00. The monoisotopic (exact) mass is 354 g/mol. The van der Waals surface area contributed by atoms with E-state index in [-0.39, 0.29) is 16.9 Å². The van der Waals surface area contributed by atoms with Gasteiger partial charge in [0.15, 0.2) is 0 Å². The van der Waals surface area contributed by atoms with Crippen LogP contribution in [0.25, 0.3) is 0 Å². The van der Waals surface area contributed by atoms with Gasteiger partial charge in [0.25, 0.3) is 0 Å². The average molecular weight is 355 g/mol. The van der Waals surface area contributed by atoms with Crippen LogP contribution in [0.3, 0.4) is 0 Å². The lowest BCUT2D eigenvalue weighted by Gasteiger charge is -2.12. The number of nitrogens with zero attached hydrogens (tertiary/aromatic N) is 2. The van der Waals surface area contributed by atoms with Crippen molar-refractivity contribution >= 4 is 35.0 Å². The number of aryl methyl sites for hydroxylation is 1. The molecule has 0 fully saturated rings. The van der Waals surface area contributed by atoms with E-state index < -0.39 is 12.0 Å². The number of pyridine rings is 2. The van der Waals surface area contributed by atoms with Crippen LogP contribution in [-0.2, 0) is 22.6 Å². The predicted molar refractivity (Wildman–Crippen MR) is 89.0 cm³/mol. The number of hydrogen-bond acceptors (Lipinski definition) is 6. The van der Waals surface area contributed by atoms with Crippen LogP contribution in [0.2, 0.25) is 10.3 Å². The number of halogens is 2. The third-order valence-corrected chi connectivity index (χ3v) is 3.48. The maximum Gasteiger partial charge on any atom is 0.323 e. The molecule has 0 aromatic carbocycles. The molecule has 2 aromatic heterocycles. The fraction of sp³-hybridized carbons (Fsp3) is 0.267. The van der Waals surface area contributed by atoms with E-state index >= 15 is 0 Å². The van der Waals surface area contributed by atoms with E-state index in [9.17, 15) is 4.79 Å². The van der Waals surface area contributed by atoms with Crippen LogP contribution < -0.4 is 11.5 Å². The Bertz CT molecular complexity index is 677. The van der Waals surface area contributed by atoms with Gasteiger partial charge in [-0.3, -0.25) is 4.79 Å². The van der Waals surface area contributed by atoms with Crippen molar-refractivity contribution in [3.05, 3.63) is 51.9 Å². The summed E-state index contributed by atoms with van der Waals surface area (Å²) in [5.41, 5.74) is 13.1. The van der Waals surface area contributed by atoms with E-state index in [4.69, 9.17) is 39.4 Å². The average Bonchev–Trinajstić information content (AvgIpc) is 2.49. The molecule has 0 aliphatic rings. The SMILES string of the molecule is Nc1cc(CC[C@H](N)C(=O)OCc2cc(Cl)nc(Cl)c2)ccn1. The first kappa shape index (κ1) is 17.5. The summed E-state index contributed by atoms with van der Waals surface area (Å²) < 4.78 is 5.17. The molecule has 0 bridgehead atoms. The normalized spacial score (nSPS) is 12.0. The zero-order valence-electron chi connectivity index (χ0n) is 12.2. The van der Waals surface area contributed by atoms with Gasteiger partial charge in [-0.2, -0.15) is 0 Å². The van der Waals surface area contributed by atoms with Crippen LogP contribution in [-0.4, -0.2) is 22.0 Å². The fourth-order valence-corrected chi connectivity index (χ4v) is 2.45. The number of esters is 1. The molecule has 0 saturated heterocycles. The molecule has 0 spiro atoms. The molecule has 6 nitrogen and oxygen atoms in total. The highest BCUT2D eigenvalue weighted by Crippen LogP contribution is 2.15. The third-order valence-electron chi connectivity index (χ3n) is 3.10. The summed E-state index contributed by atoms with van der Waals surface area (Å²) in [4.78, 5) is 19.6. The largest absolute Gasteiger partial charge is 0.460 e. The Kier molecular flexibility index (Phi) is 6.15. The van der Waals surface area contributed by atoms with Crippen molar-refractivity contribution in [3.63, 3.8) is 0 Å². The number of hydrogen-bond donors (Lipinski definition) is 2. The van der Waals surface area contributed by atoms with Crippen LogP contribution in [0, 0.1) is 0 Å². The maximum atomic E-state index is 11.9. The zero-order chi connectivity index (χ0) is 16.8. The molecule has 2 aromatic rings. The summed E-state index contributed by atoms with van der Waals surface area (Å²) in [5.74, 6) is -0.0545. The van der Waals surface area contributed by atoms with Gasteiger partial charge in [-0.15, -0.1) is 0 Å². The maximum absolute atomic E-state index is 11.9. The topological polar surface area (TPSA) is 104 Å². The first-order valence-corrected chi connectivity index (χ1v) is 7.64. The molecule has 0 radical (unpaired) electrons. The Morgan fingerprint density at radius 3 is 2.57 bits per heavy atom. The number of nitrogens with two attached hydrogens (primary N) is 2. The van der Waals surface area contributed by atoms with Crippen LogP contribution >= 0.6 is 23.2 Å². The number of carbonyl (C=O) groups is 1. The van der Waals surface area contributed by atoms with E-state index in [1.165, 1.54) is 0 Å². The molecule has 122 valence electrons. The second-order valence-electron chi connectivity index (χ2n) is 4.96. The molecule has 8 heteroatoms. The lowest BCUT2D eigenvalue weighted by atomic mass is 10.1. The molecular formula is C15H16Cl2N4O2. The Morgan fingerprint density at radius 1 is 1.22 bits per heavy atom. The van der Waals surface area contributed by atoms with Crippen molar-refractivity contribution in [1.82, 2.24) is 9.97 Å². The van der Waals surface area contributed by atoms with Crippen LogP contribution in [0.4, 0.5) is 5.82 Å². The Morgan fingerprint density at radius 2 is 1.91 bits per heavy atom. The minimum absolute atomic E-state index is 0.0384. The number of rotatable bonds is 6. The van der Waals surface area contributed by atoms with Gasteiger partial charge < -0.3 is 16.2 Å². The molecule has 0 amide bonds. The Labute approximate surface area is 143 Å². The Balaban J connectivity index is 1.82. The van der Waals surface area contributed by atoms with Gasteiger partial charge in [-0.25, -0.2) is 9.97 Å². The molecule has 2 heterocycles. The molecular weight excluding hydrogens is 339 g/mol. The van der Waals surface area contributed by atoms with Crippen molar-refractivity contribution in [2.75, 3.05) is 5.73 Å². The molecule has 0 aliphatic heterocycles. The van der Waals surface area contributed by atoms with E-state index in [0.29, 0.717) is 24.2 Å². The van der Waals surface area contributed by atoms with Gasteiger partial charge in [0.1, 0.15) is 28.8 Å². The summed E-state index contributed by atoms with van der Waals surface area (Å²) in [5, 5.41) is 0.478. The van der Waals surface area contributed by atoms with Gasteiger partial charge in [-0.1, -0.05) is 23.2 Å². The van der Waals surface area contributed by atoms with E-state index in [1.54, 1.807) is 24.4 Å². The summed E-state index contributed by atoms with van der Waals surface area (Å²) >= 11 is 11.6. The molecule has 0 unspecified atom stereocenters. The number of anilines is 1. The van der Waals surface area contributed by atoms with Crippen LogP contribution in [0.5, 0.6) is 0 Å². The van der Waals surface area contributed by atoms with Crippen molar-refractivity contribution in [3.8, 4) is 0 Å². The van der Waals surface area contributed by atoms with Crippen molar-refractivity contribution in [2.45, 2.75) is 25.5 Å². The van der Waals surface area contributed by atoms with Gasteiger partial charge >= 0.3 is 5.97 Å². The minimum Gasteiger partial charge on any atom is -0.460 e. The fourth-order valence-electron chi connectivity index (χ4n) is 1.95. The van der Waals surface area contributed by atoms with Gasteiger partial charge in [0.05, 0.1) is 0 Å². The van der Waals surface area contributed by atoms with Crippen LogP contribution in [0.1, 0.15) is 17.5 Å². The molecule has 0 aliphatic carbocycles. The third kappa shape index (κ3) is 5.67. The number of ether oxygens (including phenoxy) is 1. The summed E-state index contributed by atoms with van der Waals surface area (Å²) in [6.45, 7) is 0.0384. The van der Waals surface area contributed by atoms with Crippen molar-refractivity contribution in [2.24, 2.45) is 5.73 Å². The number of carbonyl (C=O) groups excluding carboxylic acids is 1.